The van der Waals surface area contributed by atoms with Crippen molar-refractivity contribution >= 4 is 0 Å². The number of halogens is 2. The minimum atomic E-state index is -0.324. The lowest BCUT2D eigenvalue weighted by molar-refractivity contribution is 0.113. The van der Waals surface area contributed by atoms with E-state index in [1.165, 1.54) is 82.8 Å². The molecule has 0 amide bonds. The molecular weight excluding hydrogens is 374 g/mol. The topological polar surface area (TPSA) is 0 Å². The van der Waals surface area contributed by atoms with E-state index >= 15 is 0 Å². The second-order valence-corrected chi connectivity index (χ2v) is 9.81. The molecular formula is C28H36F2. The lowest BCUT2D eigenvalue weighted by Gasteiger charge is -2.42. The van der Waals surface area contributed by atoms with E-state index in [2.05, 4.69) is 13.0 Å². The summed E-state index contributed by atoms with van der Waals surface area (Å²) in [5.41, 5.74) is 2.24. The molecule has 2 aromatic carbocycles. The maximum absolute atomic E-state index is 14.9. The second-order valence-electron chi connectivity index (χ2n) is 9.81. The fraction of sp³-hybridized carbons (Fsp3) is 0.571. The molecule has 2 saturated carbocycles. The Labute approximate surface area is 181 Å². The van der Waals surface area contributed by atoms with Crippen molar-refractivity contribution in [2.45, 2.75) is 83.5 Å². The van der Waals surface area contributed by atoms with Gasteiger partial charge in [0, 0.05) is 5.56 Å². The minimum Gasteiger partial charge on any atom is -0.207 e. The maximum atomic E-state index is 14.9. The Morgan fingerprint density at radius 3 is 2.47 bits per heavy atom. The van der Waals surface area contributed by atoms with E-state index in [0.717, 1.165) is 23.3 Å². The van der Waals surface area contributed by atoms with Gasteiger partial charge in [0.1, 0.15) is 11.6 Å². The van der Waals surface area contributed by atoms with Crippen molar-refractivity contribution in [1.82, 2.24) is 0 Å². The van der Waals surface area contributed by atoms with E-state index in [-0.39, 0.29) is 11.6 Å². The van der Waals surface area contributed by atoms with Crippen LogP contribution in [0.1, 0.15) is 89.0 Å². The van der Waals surface area contributed by atoms with Crippen molar-refractivity contribution in [2.75, 3.05) is 0 Å². The quantitative estimate of drug-likeness (QED) is 0.400. The monoisotopic (exact) mass is 410 g/mol. The van der Waals surface area contributed by atoms with Crippen molar-refractivity contribution in [1.29, 1.82) is 0 Å². The average molecular weight is 411 g/mol. The molecule has 0 aliphatic heterocycles. The first kappa shape index (κ1) is 21.5. The molecule has 2 aliphatic rings. The third-order valence-corrected chi connectivity index (χ3v) is 7.79. The number of rotatable bonds is 7. The Morgan fingerprint density at radius 2 is 1.67 bits per heavy atom. The van der Waals surface area contributed by atoms with Crippen LogP contribution in [0.3, 0.4) is 0 Å². The molecule has 0 bridgehead atoms. The summed E-state index contributed by atoms with van der Waals surface area (Å²) in [7, 11) is 0. The molecule has 162 valence electrons. The second kappa shape index (κ2) is 10.1. The number of hydrogen-bond donors (Lipinski definition) is 0. The summed E-state index contributed by atoms with van der Waals surface area (Å²) in [6.45, 7) is 2.28. The Morgan fingerprint density at radius 1 is 0.833 bits per heavy atom. The van der Waals surface area contributed by atoms with E-state index in [1.807, 2.05) is 6.07 Å². The lowest BCUT2D eigenvalue weighted by Crippen LogP contribution is -2.30. The summed E-state index contributed by atoms with van der Waals surface area (Å²) >= 11 is 0. The number of hydrogen-bond acceptors (Lipinski definition) is 0. The first-order valence-corrected chi connectivity index (χ1v) is 12.2. The molecule has 0 heterocycles. The van der Waals surface area contributed by atoms with E-state index in [9.17, 15) is 8.78 Å². The van der Waals surface area contributed by atoms with Gasteiger partial charge >= 0.3 is 0 Å². The van der Waals surface area contributed by atoms with Crippen LogP contribution in [0.2, 0.25) is 0 Å². The molecule has 2 heteroatoms. The minimum absolute atomic E-state index is 0.226. The van der Waals surface area contributed by atoms with Crippen molar-refractivity contribution < 1.29 is 8.78 Å². The highest BCUT2D eigenvalue weighted by molar-refractivity contribution is 5.64. The van der Waals surface area contributed by atoms with Crippen LogP contribution in [0.15, 0.2) is 42.5 Å². The van der Waals surface area contributed by atoms with Crippen LogP contribution in [0.5, 0.6) is 0 Å². The summed E-state index contributed by atoms with van der Waals surface area (Å²) in [6, 6.07) is 11.8. The Bertz CT molecular complexity index is 827. The highest BCUT2D eigenvalue weighted by atomic mass is 19.1. The van der Waals surface area contributed by atoms with Crippen molar-refractivity contribution in [3.8, 4) is 11.1 Å². The number of unbranched alkanes of at least 4 members (excludes halogenated alkanes) is 3. The summed E-state index contributed by atoms with van der Waals surface area (Å²) in [4.78, 5) is 0. The van der Waals surface area contributed by atoms with Gasteiger partial charge in [0.25, 0.3) is 0 Å². The summed E-state index contributed by atoms with van der Waals surface area (Å²) < 4.78 is 28.4. The van der Waals surface area contributed by atoms with Crippen LogP contribution >= 0.6 is 0 Å². The predicted molar refractivity (Wildman–Crippen MR) is 121 cm³/mol. The fourth-order valence-electron chi connectivity index (χ4n) is 6.09. The standard InChI is InChI=1S/C28H36F2/c1-2-3-4-5-7-20-10-11-22-17-23(13-12-21(22)16-20)24-14-15-27(28(30)19-24)25-8-6-9-26(29)18-25/h6,8-9,14-15,18-23H,2-5,7,10-13,16-17H2,1H3. The Hall–Kier alpha value is -1.70. The van der Waals surface area contributed by atoms with Gasteiger partial charge in [-0.25, -0.2) is 8.78 Å². The number of benzene rings is 2. The van der Waals surface area contributed by atoms with Crippen LogP contribution in [0, 0.1) is 29.4 Å². The molecule has 4 rings (SSSR count). The summed E-state index contributed by atoms with van der Waals surface area (Å²) in [5.74, 6) is 2.58. The molecule has 0 nitrogen and oxygen atoms in total. The van der Waals surface area contributed by atoms with Crippen LogP contribution in [0.25, 0.3) is 11.1 Å². The molecule has 0 saturated heterocycles. The largest absolute Gasteiger partial charge is 0.207 e. The van der Waals surface area contributed by atoms with Gasteiger partial charge in [-0.3, -0.25) is 0 Å². The average Bonchev–Trinajstić information content (AvgIpc) is 2.76. The first-order valence-electron chi connectivity index (χ1n) is 12.2. The van der Waals surface area contributed by atoms with E-state index in [4.69, 9.17) is 0 Å². The van der Waals surface area contributed by atoms with Gasteiger partial charge in [0.15, 0.2) is 0 Å². The van der Waals surface area contributed by atoms with Gasteiger partial charge in [-0.1, -0.05) is 69.7 Å². The molecule has 30 heavy (non-hydrogen) atoms. The molecule has 4 atom stereocenters. The van der Waals surface area contributed by atoms with Crippen molar-refractivity contribution in [3.63, 3.8) is 0 Å². The molecule has 0 N–H and O–H groups in total. The normalized spacial score (nSPS) is 26.4. The smallest absolute Gasteiger partial charge is 0.131 e. The molecule has 2 aliphatic carbocycles. The third-order valence-electron chi connectivity index (χ3n) is 7.79. The first-order chi connectivity index (χ1) is 14.6. The zero-order valence-electron chi connectivity index (χ0n) is 18.4. The third kappa shape index (κ3) is 5.13. The summed E-state index contributed by atoms with van der Waals surface area (Å²) in [5, 5.41) is 0. The SMILES string of the molecule is CCCCCCC1CCC2CC(c3ccc(-c4cccc(F)c4)c(F)c3)CCC2C1. The molecule has 0 radical (unpaired) electrons. The highest BCUT2D eigenvalue weighted by Crippen LogP contribution is 2.48. The van der Waals surface area contributed by atoms with Gasteiger partial charge in [-0.15, -0.1) is 0 Å². The van der Waals surface area contributed by atoms with Gasteiger partial charge in [0.05, 0.1) is 0 Å². The fourth-order valence-corrected chi connectivity index (χ4v) is 6.09. The molecule has 2 aromatic rings. The van der Waals surface area contributed by atoms with E-state index < -0.39 is 0 Å². The zero-order chi connectivity index (χ0) is 20.9. The van der Waals surface area contributed by atoms with Gasteiger partial charge in [-0.2, -0.15) is 0 Å². The predicted octanol–water partition coefficient (Wildman–Crippen LogP) is 8.90. The maximum Gasteiger partial charge on any atom is 0.131 e. The zero-order valence-corrected chi connectivity index (χ0v) is 18.4. The van der Waals surface area contributed by atoms with E-state index in [0.29, 0.717) is 17.0 Å². The Kier molecular flexibility index (Phi) is 7.23. The summed E-state index contributed by atoms with van der Waals surface area (Å²) in [6.07, 6.45) is 14.8. The number of fused-ring (bicyclic) bond motifs is 1. The lowest BCUT2D eigenvalue weighted by atomic mass is 9.63. The van der Waals surface area contributed by atoms with Gasteiger partial charge < -0.3 is 0 Å². The van der Waals surface area contributed by atoms with Crippen molar-refractivity contribution in [3.05, 3.63) is 59.7 Å². The van der Waals surface area contributed by atoms with Crippen LogP contribution in [0.4, 0.5) is 8.78 Å². The molecule has 0 aromatic heterocycles. The molecule has 0 spiro atoms. The van der Waals surface area contributed by atoms with Crippen LogP contribution < -0.4 is 0 Å². The van der Waals surface area contributed by atoms with Gasteiger partial charge in [0.2, 0.25) is 0 Å². The highest BCUT2D eigenvalue weighted by Gasteiger charge is 2.35. The van der Waals surface area contributed by atoms with Gasteiger partial charge in [-0.05, 0) is 85.1 Å². The van der Waals surface area contributed by atoms with Crippen LogP contribution in [-0.2, 0) is 0 Å². The Balaban J connectivity index is 1.35. The van der Waals surface area contributed by atoms with E-state index in [1.54, 1.807) is 18.2 Å². The van der Waals surface area contributed by atoms with Crippen molar-refractivity contribution in [2.24, 2.45) is 17.8 Å². The molecule has 4 unspecified atom stereocenters. The van der Waals surface area contributed by atoms with Crippen LogP contribution in [-0.4, -0.2) is 0 Å². The molecule has 2 fully saturated rings.